The van der Waals surface area contributed by atoms with Crippen LogP contribution in [0, 0.1) is 17.2 Å². The summed E-state index contributed by atoms with van der Waals surface area (Å²) in [5.74, 6) is 0.307. The minimum absolute atomic E-state index is 0.0145. The van der Waals surface area contributed by atoms with E-state index in [2.05, 4.69) is 5.32 Å². The van der Waals surface area contributed by atoms with Crippen molar-refractivity contribution in [1.29, 1.82) is 5.26 Å². The molecule has 1 saturated heterocycles. The van der Waals surface area contributed by atoms with Crippen LogP contribution in [0.5, 0.6) is 5.75 Å². The molecule has 1 aromatic carbocycles. The molecule has 0 radical (unpaired) electrons. The van der Waals surface area contributed by atoms with E-state index >= 15 is 0 Å². The molecule has 1 N–H and O–H groups in total. The maximum absolute atomic E-state index is 12.3. The molecule has 2 unspecified atom stereocenters. The van der Waals surface area contributed by atoms with Gasteiger partial charge in [-0.2, -0.15) is 5.26 Å². The maximum Gasteiger partial charge on any atom is 0.230 e. The summed E-state index contributed by atoms with van der Waals surface area (Å²) in [6.45, 7) is 2.64. The van der Waals surface area contributed by atoms with Crippen molar-refractivity contribution < 1.29 is 14.3 Å². The normalized spacial score (nSPS) is 21.2. The van der Waals surface area contributed by atoms with E-state index < -0.39 is 0 Å². The van der Waals surface area contributed by atoms with E-state index in [1.165, 1.54) is 7.11 Å². The third-order valence-electron chi connectivity index (χ3n) is 3.54. The Bertz CT molecular complexity index is 536. The maximum atomic E-state index is 12.3. The summed E-state index contributed by atoms with van der Waals surface area (Å²) in [5.41, 5.74) is 1.08. The van der Waals surface area contributed by atoms with Gasteiger partial charge < -0.3 is 14.8 Å². The molecule has 106 valence electrons. The molecule has 0 bridgehead atoms. The quantitative estimate of drug-likeness (QED) is 0.914. The van der Waals surface area contributed by atoms with Crippen molar-refractivity contribution in [2.45, 2.75) is 25.9 Å². The second-order valence-corrected chi connectivity index (χ2v) is 4.73. The monoisotopic (exact) mass is 274 g/mol. The van der Waals surface area contributed by atoms with Crippen LogP contribution in [-0.4, -0.2) is 25.7 Å². The number of ether oxygens (including phenoxy) is 2. The van der Waals surface area contributed by atoms with Gasteiger partial charge in [-0.1, -0.05) is 6.92 Å². The predicted octanol–water partition coefficient (Wildman–Crippen LogP) is 2.32. The van der Waals surface area contributed by atoms with E-state index in [1.807, 2.05) is 13.0 Å². The van der Waals surface area contributed by atoms with Crippen molar-refractivity contribution >= 4 is 11.6 Å². The molecule has 0 saturated carbocycles. The Labute approximate surface area is 118 Å². The summed E-state index contributed by atoms with van der Waals surface area (Å²) in [6, 6.07) is 6.99. The summed E-state index contributed by atoms with van der Waals surface area (Å²) >= 11 is 0. The highest BCUT2D eigenvalue weighted by Crippen LogP contribution is 2.29. The first-order valence-corrected chi connectivity index (χ1v) is 6.70. The van der Waals surface area contributed by atoms with Crippen molar-refractivity contribution in [3.8, 4) is 11.8 Å². The summed E-state index contributed by atoms with van der Waals surface area (Å²) in [6.07, 6.45) is 1.55. The van der Waals surface area contributed by atoms with E-state index in [4.69, 9.17) is 14.7 Å². The molecule has 1 aliphatic rings. The molecule has 2 atom stereocenters. The van der Waals surface area contributed by atoms with Gasteiger partial charge in [-0.25, -0.2) is 0 Å². The molecule has 5 nitrogen and oxygen atoms in total. The first kappa shape index (κ1) is 14.4. The van der Waals surface area contributed by atoms with Crippen molar-refractivity contribution in [3.05, 3.63) is 23.8 Å². The lowest BCUT2D eigenvalue weighted by Crippen LogP contribution is -2.29. The van der Waals surface area contributed by atoms with E-state index in [0.29, 0.717) is 23.6 Å². The second-order valence-electron chi connectivity index (χ2n) is 4.73. The molecule has 0 aliphatic carbocycles. The van der Waals surface area contributed by atoms with Gasteiger partial charge >= 0.3 is 0 Å². The van der Waals surface area contributed by atoms with Gasteiger partial charge in [0.25, 0.3) is 0 Å². The number of nitrogens with zero attached hydrogens (tertiary/aromatic N) is 1. The molecule has 0 spiro atoms. The SMILES string of the molecule is CCC1OCCC1C(=O)Nc1ccc(C#N)cc1OC. The van der Waals surface area contributed by atoms with Gasteiger partial charge in [0, 0.05) is 12.7 Å². The van der Waals surface area contributed by atoms with E-state index in [1.54, 1.807) is 18.2 Å². The van der Waals surface area contributed by atoms with Crippen molar-refractivity contribution in [2.75, 3.05) is 19.0 Å². The van der Waals surface area contributed by atoms with Crippen LogP contribution >= 0.6 is 0 Å². The topological polar surface area (TPSA) is 71.3 Å². The number of benzene rings is 1. The number of methoxy groups -OCH3 is 1. The number of nitrogens with one attached hydrogen (secondary N) is 1. The van der Waals surface area contributed by atoms with Crippen LogP contribution in [0.2, 0.25) is 0 Å². The third-order valence-corrected chi connectivity index (χ3v) is 3.54. The Morgan fingerprint density at radius 3 is 3.05 bits per heavy atom. The molecule has 5 heteroatoms. The van der Waals surface area contributed by atoms with Crippen LogP contribution in [0.4, 0.5) is 5.69 Å². The molecule has 20 heavy (non-hydrogen) atoms. The van der Waals surface area contributed by atoms with Crippen LogP contribution in [0.25, 0.3) is 0 Å². The molecular formula is C15H18N2O3. The molecule has 1 aromatic rings. The van der Waals surface area contributed by atoms with Crippen LogP contribution in [0.15, 0.2) is 18.2 Å². The van der Waals surface area contributed by atoms with Gasteiger partial charge in [0.1, 0.15) is 5.75 Å². The van der Waals surface area contributed by atoms with Gasteiger partial charge in [0.05, 0.1) is 36.5 Å². The molecule has 1 heterocycles. The zero-order valence-electron chi connectivity index (χ0n) is 11.7. The van der Waals surface area contributed by atoms with E-state index in [-0.39, 0.29) is 17.9 Å². The lowest BCUT2D eigenvalue weighted by Gasteiger charge is -2.17. The largest absolute Gasteiger partial charge is 0.495 e. The summed E-state index contributed by atoms with van der Waals surface area (Å²) in [5, 5.41) is 11.7. The fraction of sp³-hybridized carbons (Fsp3) is 0.467. The number of carbonyl (C=O) groups excluding carboxylic acids is 1. The minimum atomic E-state index is -0.125. The molecule has 1 amide bonds. The second kappa shape index (κ2) is 6.40. The zero-order chi connectivity index (χ0) is 14.5. The van der Waals surface area contributed by atoms with Gasteiger partial charge in [0.2, 0.25) is 5.91 Å². The number of hydrogen-bond acceptors (Lipinski definition) is 4. The summed E-state index contributed by atoms with van der Waals surface area (Å²) in [7, 11) is 1.51. The first-order valence-electron chi connectivity index (χ1n) is 6.70. The Balaban J connectivity index is 2.13. The van der Waals surface area contributed by atoms with Crippen LogP contribution in [0.3, 0.4) is 0 Å². The highest BCUT2D eigenvalue weighted by Gasteiger charge is 2.33. The van der Waals surface area contributed by atoms with Crippen LogP contribution in [0.1, 0.15) is 25.3 Å². The fourth-order valence-electron chi connectivity index (χ4n) is 2.44. The average Bonchev–Trinajstić information content (AvgIpc) is 2.96. The first-order chi connectivity index (χ1) is 9.69. The Morgan fingerprint density at radius 2 is 2.40 bits per heavy atom. The highest BCUT2D eigenvalue weighted by molar-refractivity contribution is 5.94. The number of rotatable bonds is 4. The Kier molecular flexibility index (Phi) is 4.59. The smallest absolute Gasteiger partial charge is 0.230 e. The number of nitriles is 1. The molecule has 0 aromatic heterocycles. The van der Waals surface area contributed by atoms with Crippen LogP contribution < -0.4 is 10.1 Å². The average molecular weight is 274 g/mol. The third kappa shape index (κ3) is 2.91. The highest BCUT2D eigenvalue weighted by atomic mass is 16.5. The molecule has 2 rings (SSSR count). The number of amides is 1. The number of hydrogen-bond donors (Lipinski definition) is 1. The van der Waals surface area contributed by atoms with Gasteiger partial charge in [-0.3, -0.25) is 4.79 Å². The van der Waals surface area contributed by atoms with Gasteiger partial charge in [-0.15, -0.1) is 0 Å². The summed E-state index contributed by atoms with van der Waals surface area (Å²) < 4.78 is 10.7. The zero-order valence-corrected chi connectivity index (χ0v) is 11.7. The van der Waals surface area contributed by atoms with Crippen molar-refractivity contribution in [2.24, 2.45) is 5.92 Å². The van der Waals surface area contributed by atoms with Crippen molar-refractivity contribution in [1.82, 2.24) is 0 Å². The molecule has 1 fully saturated rings. The minimum Gasteiger partial charge on any atom is -0.495 e. The van der Waals surface area contributed by atoms with Crippen LogP contribution in [-0.2, 0) is 9.53 Å². The lowest BCUT2D eigenvalue weighted by molar-refractivity contribution is -0.121. The fourth-order valence-corrected chi connectivity index (χ4v) is 2.44. The van der Waals surface area contributed by atoms with E-state index in [0.717, 1.165) is 12.8 Å². The number of anilines is 1. The van der Waals surface area contributed by atoms with Gasteiger partial charge in [-0.05, 0) is 25.0 Å². The molecular weight excluding hydrogens is 256 g/mol. The lowest BCUT2D eigenvalue weighted by atomic mass is 9.98. The number of carbonyl (C=O) groups is 1. The molecule has 1 aliphatic heterocycles. The Hall–Kier alpha value is -2.06. The Morgan fingerprint density at radius 1 is 1.60 bits per heavy atom. The van der Waals surface area contributed by atoms with E-state index in [9.17, 15) is 4.79 Å². The standard InChI is InChI=1S/C15H18N2O3/c1-3-13-11(6-7-20-13)15(18)17-12-5-4-10(9-16)8-14(12)19-2/h4-5,8,11,13H,3,6-7H2,1-2H3,(H,17,18). The van der Waals surface area contributed by atoms with Crippen molar-refractivity contribution in [3.63, 3.8) is 0 Å². The predicted molar refractivity (Wildman–Crippen MR) is 74.5 cm³/mol. The van der Waals surface area contributed by atoms with Gasteiger partial charge in [0.15, 0.2) is 0 Å². The summed E-state index contributed by atoms with van der Waals surface area (Å²) in [4.78, 5) is 12.3.